The molecule has 2 fully saturated rings. The highest BCUT2D eigenvalue weighted by atomic mass is 79.9. The van der Waals surface area contributed by atoms with Crippen molar-refractivity contribution in [3.63, 3.8) is 0 Å². The van der Waals surface area contributed by atoms with E-state index in [9.17, 15) is 0 Å². The van der Waals surface area contributed by atoms with Crippen LogP contribution < -0.4 is 10.2 Å². The van der Waals surface area contributed by atoms with Gasteiger partial charge >= 0.3 is 0 Å². The third-order valence-electron chi connectivity index (χ3n) is 4.88. The van der Waals surface area contributed by atoms with Gasteiger partial charge in [-0.05, 0) is 79.2 Å². The fourth-order valence-electron chi connectivity index (χ4n) is 4.23. The molecule has 2 unspecified atom stereocenters. The Morgan fingerprint density at radius 1 is 1.20 bits per heavy atom. The summed E-state index contributed by atoms with van der Waals surface area (Å²) in [7, 11) is 0. The lowest BCUT2D eigenvalue weighted by molar-refractivity contribution is 0.361. The zero-order chi connectivity index (χ0) is 14.3. The van der Waals surface area contributed by atoms with Crippen molar-refractivity contribution in [1.82, 2.24) is 5.32 Å². The van der Waals surface area contributed by atoms with E-state index < -0.39 is 0 Å². The molecule has 20 heavy (non-hydrogen) atoms. The SMILES string of the molecule is CCNC1CC2CCC(C1)N2c1c(C)cc(C)cc1Br. The Kier molecular flexibility index (Phi) is 4.09. The molecule has 1 aromatic rings. The number of nitrogens with zero attached hydrogens (tertiary/aromatic N) is 1. The zero-order valence-electron chi connectivity index (χ0n) is 12.7. The molecule has 0 spiro atoms. The number of halogens is 1. The Bertz CT molecular complexity index is 463. The first-order valence-electron chi connectivity index (χ1n) is 7.88. The van der Waals surface area contributed by atoms with Gasteiger partial charge in [0, 0.05) is 22.6 Å². The maximum Gasteiger partial charge on any atom is 0.0545 e. The highest BCUT2D eigenvalue weighted by Crippen LogP contribution is 2.43. The van der Waals surface area contributed by atoms with E-state index >= 15 is 0 Å². The van der Waals surface area contributed by atoms with Crippen LogP contribution in [0.3, 0.4) is 0 Å². The fourth-order valence-corrected chi connectivity index (χ4v) is 5.11. The van der Waals surface area contributed by atoms with Crippen LogP contribution in [0.15, 0.2) is 16.6 Å². The predicted molar refractivity (Wildman–Crippen MR) is 89.6 cm³/mol. The largest absolute Gasteiger partial charge is 0.364 e. The molecule has 2 atom stereocenters. The number of hydrogen-bond acceptors (Lipinski definition) is 2. The number of hydrogen-bond donors (Lipinski definition) is 1. The first-order valence-corrected chi connectivity index (χ1v) is 8.68. The van der Waals surface area contributed by atoms with Gasteiger partial charge in [-0.15, -0.1) is 0 Å². The van der Waals surface area contributed by atoms with Crippen LogP contribution in [0.5, 0.6) is 0 Å². The monoisotopic (exact) mass is 336 g/mol. The third kappa shape index (κ3) is 2.50. The lowest BCUT2D eigenvalue weighted by Gasteiger charge is -2.42. The number of fused-ring (bicyclic) bond motifs is 2. The molecule has 0 radical (unpaired) electrons. The summed E-state index contributed by atoms with van der Waals surface area (Å²) in [5.41, 5.74) is 4.20. The van der Waals surface area contributed by atoms with Crippen molar-refractivity contribution in [3.8, 4) is 0 Å². The average Bonchev–Trinajstić information content (AvgIpc) is 2.62. The Labute approximate surface area is 131 Å². The second-order valence-electron chi connectivity index (χ2n) is 6.43. The van der Waals surface area contributed by atoms with Crippen molar-refractivity contribution in [2.45, 2.75) is 64.6 Å². The maximum atomic E-state index is 3.80. The van der Waals surface area contributed by atoms with Crippen LogP contribution in [0.1, 0.15) is 43.7 Å². The lowest BCUT2D eigenvalue weighted by atomic mass is 9.95. The number of rotatable bonds is 3. The summed E-state index contributed by atoms with van der Waals surface area (Å²) in [6, 6.07) is 6.73. The predicted octanol–water partition coefficient (Wildman–Crippen LogP) is 4.18. The molecule has 110 valence electrons. The highest BCUT2D eigenvalue weighted by molar-refractivity contribution is 9.10. The summed E-state index contributed by atoms with van der Waals surface area (Å²) in [5, 5.41) is 3.66. The Morgan fingerprint density at radius 2 is 1.85 bits per heavy atom. The van der Waals surface area contributed by atoms with E-state index in [1.807, 2.05) is 0 Å². The molecule has 0 aromatic heterocycles. The van der Waals surface area contributed by atoms with Crippen LogP contribution in [-0.2, 0) is 0 Å². The van der Waals surface area contributed by atoms with Crippen LogP contribution in [0.25, 0.3) is 0 Å². The van der Waals surface area contributed by atoms with E-state index in [0.29, 0.717) is 0 Å². The van der Waals surface area contributed by atoms with E-state index in [0.717, 1.165) is 24.7 Å². The van der Waals surface area contributed by atoms with E-state index in [4.69, 9.17) is 0 Å². The minimum absolute atomic E-state index is 0.718. The Morgan fingerprint density at radius 3 is 2.40 bits per heavy atom. The molecule has 2 aliphatic heterocycles. The van der Waals surface area contributed by atoms with Gasteiger partial charge in [0.1, 0.15) is 0 Å². The first-order chi connectivity index (χ1) is 9.60. The highest BCUT2D eigenvalue weighted by Gasteiger charge is 2.41. The molecule has 3 rings (SSSR count). The molecule has 2 bridgehead atoms. The average molecular weight is 337 g/mol. The van der Waals surface area contributed by atoms with Crippen molar-refractivity contribution < 1.29 is 0 Å². The molecule has 1 aromatic carbocycles. The van der Waals surface area contributed by atoms with Gasteiger partial charge in [-0.1, -0.05) is 13.0 Å². The van der Waals surface area contributed by atoms with Crippen molar-refractivity contribution in [2.75, 3.05) is 11.4 Å². The zero-order valence-corrected chi connectivity index (χ0v) is 14.3. The summed E-state index contributed by atoms with van der Waals surface area (Å²) in [6.07, 6.45) is 5.30. The summed E-state index contributed by atoms with van der Waals surface area (Å²) in [6.45, 7) is 7.74. The lowest BCUT2D eigenvalue weighted by Crippen LogP contribution is -2.49. The molecule has 0 saturated carbocycles. The van der Waals surface area contributed by atoms with Gasteiger partial charge in [0.05, 0.1) is 5.69 Å². The van der Waals surface area contributed by atoms with Crippen molar-refractivity contribution in [2.24, 2.45) is 0 Å². The fraction of sp³-hybridized carbons (Fsp3) is 0.647. The molecule has 2 nitrogen and oxygen atoms in total. The number of nitrogens with one attached hydrogen (secondary N) is 1. The normalized spacial score (nSPS) is 29.0. The van der Waals surface area contributed by atoms with E-state index in [2.05, 4.69) is 59.1 Å². The van der Waals surface area contributed by atoms with Crippen LogP contribution >= 0.6 is 15.9 Å². The Balaban J connectivity index is 1.89. The standard InChI is InChI=1S/C17H25BrN2/c1-4-19-13-9-14-5-6-15(10-13)20(14)17-12(3)7-11(2)8-16(17)18/h7-8,13-15,19H,4-6,9-10H2,1-3H3. The molecular weight excluding hydrogens is 312 g/mol. The summed E-state index contributed by atoms with van der Waals surface area (Å²) >= 11 is 3.80. The number of aryl methyl sites for hydroxylation is 2. The van der Waals surface area contributed by atoms with Crippen molar-refractivity contribution in [1.29, 1.82) is 0 Å². The third-order valence-corrected chi connectivity index (χ3v) is 5.49. The molecule has 2 heterocycles. The van der Waals surface area contributed by atoms with Gasteiger partial charge in [0.2, 0.25) is 0 Å². The minimum atomic E-state index is 0.718. The van der Waals surface area contributed by atoms with Gasteiger partial charge in [-0.2, -0.15) is 0 Å². The molecule has 2 aliphatic rings. The summed E-state index contributed by atoms with van der Waals surface area (Å²) in [5.74, 6) is 0. The van der Waals surface area contributed by atoms with Gasteiger partial charge in [-0.3, -0.25) is 0 Å². The van der Waals surface area contributed by atoms with Crippen LogP contribution in [0, 0.1) is 13.8 Å². The molecule has 2 saturated heterocycles. The molecule has 0 aliphatic carbocycles. The van der Waals surface area contributed by atoms with Gasteiger partial charge in [0.25, 0.3) is 0 Å². The number of anilines is 1. The second kappa shape index (κ2) is 5.69. The van der Waals surface area contributed by atoms with Crippen molar-refractivity contribution in [3.05, 3.63) is 27.7 Å². The quantitative estimate of drug-likeness (QED) is 0.890. The van der Waals surface area contributed by atoms with E-state index in [-0.39, 0.29) is 0 Å². The van der Waals surface area contributed by atoms with E-state index in [1.54, 1.807) is 0 Å². The smallest absolute Gasteiger partial charge is 0.0545 e. The minimum Gasteiger partial charge on any atom is -0.364 e. The van der Waals surface area contributed by atoms with E-state index in [1.165, 1.54) is 47.0 Å². The Hall–Kier alpha value is -0.540. The molecule has 0 amide bonds. The topological polar surface area (TPSA) is 15.3 Å². The summed E-state index contributed by atoms with van der Waals surface area (Å²) < 4.78 is 1.27. The van der Waals surface area contributed by atoms with Crippen molar-refractivity contribution >= 4 is 21.6 Å². The second-order valence-corrected chi connectivity index (χ2v) is 7.28. The maximum absolute atomic E-state index is 3.80. The summed E-state index contributed by atoms with van der Waals surface area (Å²) in [4.78, 5) is 2.71. The molecule has 1 N–H and O–H groups in total. The number of benzene rings is 1. The molecular formula is C17H25BrN2. The van der Waals surface area contributed by atoms with Crippen LogP contribution in [0.2, 0.25) is 0 Å². The van der Waals surface area contributed by atoms with Gasteiger partial charge in [0.15, 0.2) is 0 Å². The van der Waals surface area contributed by atoms with Crippen LogP contribution in [-0.4, -0.2) is 24.7 Å². The number of piperidine rings is 1. The van der Waals surface area contributed by atoms with Gasteiger partial charge < -0.3 is 10.2 Å². The molecule has 3 heteroatoms. The first kappa shape index (κ1) is 14.4. The van der Waals surface area contributed by atoms with Gasteiger partial charge in [-0.25, -0.2) is 0 Å². The van der Waals surface area contributed by atoms with Crippen LogP contribution in [0.4, 0.5) is 5.69 Å².